The molecular formula is C25H29N3O5. The molecule has 2 aromatic carbocycles. The summed E-state index contributed by atoms with van der Waals surface area (Å²) in [7, 11) is 0. The number of likely N-dealkylation sites (tertiary alicyclic amines) is 2. The highest BCUT2D eigenvalue weighted by atomic mass is 16.6. The Morgan fingerprint density at radius 3 is 2.52 bits per heavy atom. The number of β-amino-alcohol motifs (C(OH)–C–C–N with tert-alkyl or cyclic N) is 1. The molecule has 2 fully saturated rings. The van der Waals surface area contributed by atoms with Gasteiger partial charge in [-0.05, 0) is 23.1 Å². The molecule has 2 aromatic rings. The number of nitrogens with one attached hydrogen (secondary N) is 1. The van der Waals surface area contributed by atoms with E-state index in [1.807, 2.05) is 59.5 Å². The Bertz CT molecular complexity index is 997. The van der Waals surface area contributed by atoms with Crippen LogP contribution in [0.5, 0.6) is 0 Å². The van der Waals surface area contributed by atoms with Crippen LogP contribution in [0.15, 0.2) is 54.6 Å². The minimum Gasteiger partial charge on any atom is -0.445 e. The number of hydrogen-bond donors (Lipinski definition) is 2. The number of benzene rings is 2. The van der Waals surface area contributed by atoms with Crippen molar-refractivity contribution >= 4 is 17.9 Å². The van der Waals surface area contributed by atoms with Crippen molar-refractivity contribution in [1.82, 2.24) is 15.1 Å². The van der Waals surface area contributed by atoms with Gasteiger partial charge in [0.2, 0.25) is 11.8 Å². The molecule has 0 spiro atoms. The lowest BCUT2D eigenvalue weighted by Gasteiger charge is -2.23. The Labute approximate surface area is 193 Å². The summed E-state index contributed by atoms with van der Waals surface area (Å²) in [4.78, 5) is 40.6. The third-order valence-electron chi connectivity index (χ3n) is 6.13. The largest absolute Gasteiger partial charge is 0.445 e. The van der Waals surface area contributed by atoms with E-state index in [-0.39, 0.29) is 37.9 Å². The quantitative estimate of drug-likeness (QED) is 0.672. The lowest BCUT2D eigenvalue weighted by Crippen LogP contribution is -2.46. The van der Waals surface area contributed by atoms with Crippen LogP contribution < -0.4 is 5.32 Å². The molecule has 33 heavy (non-hydrogen) atoms. The summed E-state index contributed by atoms with van der Waals surface area (Å²) in [6.45, 7) is 1.70. The highest BCUT2D eigenvalue weighted by Gasteiger charge is 2.39. The number of nitrogens with zero attached hydrogens (tertiary/aromatic N) is 2. The molecule has 0 unspecified atom stereocenters. The zero-order valence-electron chi connectivity index (χ0n) is 18.5. The normalized spacial score (nSPS) is 20.2. The van der Waals surface area contributed by atoms with Crippen molar-refractivity contribution < 1.29 is 24.2 Å². The average Bonchev–Trinajstić information content (AvgIpc) is 3.42. The number of ether oxygens (including phenoxy) is 1. The van der Waals surface area contributed by atoms with Crippen molar-refractivity contribution in [2.75, 3.05) is 13.1 Å². The first-order valence-corrected chi connectivity index (χ1v) is 11.3. The van der Waals surface area contributed by atoms with E-state index in [9.17, 15) is 19.5 Å². The molecule has 3 amide bonds. The van der Waals surface area contributed by atoms with Gasteiger partial charge in [-0.1, -0.05) is 54.6 Å². The van der Waals surface area contributed by atoms with Crippen molar-refractivity contribution in [3.8, 4) is 0 Å². The van der Waals surface area contributed by atoms with Crippen LogP contribution in [0.2, 0.25) is 0 Å². The molecule has 4 rings (SSSR count). The Balaban J connectivity index is 1.35. The molecule has 174 valence electrons. The van der Waals surface area contributed by atoms with E-state index in [1.54, 1.807) is 0 Å². The van der Waals surface area contributed by atoms with Crippen LogP contribution in [0, 0.1) is 0 Å². The number of aliphatic hydroxyl groups is 1. The van der Waals surface area contributed by atoms with Crippen LogP contribution in [0.4, 0.5) is 4.79 Å². The maximum atomic E-state index is 12.9. The molecule has 2 heterocycles. The fourth-order valence-corrected chi connectivity index (χ4v) is 4.33. The van der Waals surface area contributed by atoms with Gasteiger partial charge in [-0.15, -0.1) is 0 Å². The number of hydrogen-bond acceptors (Lipinski definition) is 5. The van der Waals surface area contributed by atoms with E-state index in [0.717, 1.165) is 29.7 Å². The number of aliphatic hydroxyl groups excluding tert-OH is 1. The summed E-state index contributed by atoms with van der Waals surface area (Å²) in [5.74, 6) is -0.186. The molecule has 0 radical (unpaired) electrons. The summed E-state index contributed by atoms with van der Waals surface area (Å²) in [6.07, 6.45) is 0.217. The molecule has 8 heteroatoms. The van der Waals surface area contributed by atoms with Gasteiger partial charge in [0.05, 0.1) is 12.6 Å². The van der Waals surface area contributed by atoms with Gasteiger partial charge < -0.3 is 20.1 Å². The van der Waals surface area contributed by atoms with Crippen molar-refractivity contribution in [2.45, 2.75) is 51.1 Å². The van der Waals surface area contributed by atoms with E-state index in [4.69, 9.17) is 4.74 Å². The average molecular weight is 452 g/mol. The Morgan fingerprint density at radius 2 is 1.79 bits per heavy atom. The van der Waals surface area contributed by atoms with Crippen LogP contribution in [0.25, 0.3) is 0 Å². The summed E-state index contributed by atoms with van der Waals surface area (Å²) < 4.78 is 5.37. The third kappa shape index (κ3) is 5.70. The van der Waals surface area contributed by atoms with Gasteiger partial charge in [0.15, 0.2) is 0 Å². The second kappa shape index (κ2) is 10.5. The molecule has 2 atom stereocenters. The zero-order valence-corrected chi connectivity index (χ0v) is 18.5. The van der Waals surface area contributed by atoms with Crippen LogP contribution in [-0.4, -0.2) is 58.0 Å². The molecule has 2 N–H and O–H groups in total. The summed E-state index contributed by atoms with van der Waals surface area (Å²) in [5.41, 5.74) is 2.75. The highest BCUT2D eigenvalue weighted by Crippen LogP contribution is 2.21. The predicted molar refractivity (Wildman–Crippen MR) is 121 cm³/mol. The van der Waals surface area contributed by atoms with Crippen LogP contribution in [0.1, 0.15) is 36.0 Å². The summed E-state index contributed by atoms with van der Waals surface area (Å²) >= 11 is 0. The number of amides is 3. The standard InChI is InChI=1S/C25H29N3O5/c29-21-13-22(28(16-21)25(32)33-17-18-7-2-1-3-8-18)24(31)26-14-19-9-4-5-10-20(19)15-27-12-6-11-23(27)30/h1-5,7-10,21-22,29H,6,11-17H2,(H,26,31)/t21-,22+/m1/s1. The van der Waals surface area contributed by atoms with Crippen LogP contribution >= 0.6 is 0 Å². The maximum absolute atomic E-state index is 12.9. The minimum absolute atomic E-state index is 0.0549. The summed E-state index contributed by atoms with van der Waals surface area (Å²) in [6, 6.07) is 16.2. The van der Waals surface area contributed by atoms with Crippen molar-refractivity contribution in [1.29, 1.82) is 0 Å². The van der Waals surface area contributed by atoms with Gasteiger partial charge in [-0.25, -0.2) is 4.79 Å². The first kappa shape index (κ1) is 22.8. The molecule has 0 aliphatic carbocycles. The minimum atomic E-state index is -0.796. The van der Waals surface area contributed by atoms with E-state index >= 15 is 0 Å². The molecular weight excluding hydrogens is 422 g/mol. The SMILES string of the molecule is O=C(NCc1ccccc1CN1CCCC1=O)[C@@H]1C[C@@H](O)CN1C(=O)OCc1ccccc1. The smallest absolute Gasteiger partial charge is 0.410 e. The van der Waals surface area contributed by atoms with E-state index in [0.29, 0.717) is 13.0 Å². The Hall–Kier alpha value is -3.39. The van der Waals surface area contributed by atoms with Gasteiger partial charge in [-0.2, -0.15) is 0 Å². The third-order valence-corrected chi connectivity index (χ3v) is 6.13. The van der Waals surface area contributed by atoms with Gasteiger partial charge in [0.25, 0.3) is 0 Å². The molecule has 0 bridgehead atoms. The monoisotopic (exact) mass is 451 g/mol. The first-order chi connectivity index (χ1) is 16.0. The Morgan fingerprint density at radius 1 is 1.06 bits per heavy atom. The highest BCUT2D eigenvalue weighted by molar-refractivity contribution is 5.86. The van der Waals surface area contributed by atoms with Crippen molar-refractivity contribution in [2.24, 2.45) is 0 Å². The number of rotatable bonds is 7. The Kier molecular flexibility index (Phi) is 7.24. The molecule has 2 aliphatic rings. The molecule has 0 aromatic heterocycles. The fourth-order valence-electron chi connectivity index (χ4n) is 4.33. The van der Waals surface area contributed by atoms with Crippen molar-refractivity contribution in [3.05, 3.63) is 71.3 Å². The van der Waals surface area contributed by atoms with Gasteiger partial charge >= 0.3 is 6.09 Å². The molecule has 2 saturated heterocycles. The van der Waals surface area contributed by atoms with Gasteiger partial charge in [0, 0.05) is 32.5 Å². The molecule has 0 saturated carbocycles. The van der Waals surface area contributed by atoms with E-state index < -0.39 is 18.2 Å². The summed E-state index contributed by atoms with van der Waals surface area (Å²) in [5, 5.41) is 13.0. The fraction of sp³-hybridized carbons (Fsp3) is 0.400. The lowest BCUT2D eigenvalue weighted by atomic mass is 10.1. The number of carbonyl (C=O) groups excluding carboxylic acids is 3. The second-order valence-electron chi connectivity index (χ2n) is 8.50. The molecule has 8 nitrogen and oxygen atoms in total. The molecule has 2 aliphatic heterocycles. The zero-order chi connectivity index (χ0) is 23.2. The van der Waals surface area contributed by atoms with Crippen molar-refractivity contribution in [3.63, 3.8) is 0 Å². The van der Waals surface area contributed by atoms with Gasteiger partial charge in [-0.3, -0.25) is 14.5 Å². The van der Waals surface area contributed by atoms with Crippen LogP contribution in [-0.2, 0) is 34.0 Å². The predicted octanol–water partition coefficient (Wildman–Crippen LogP) is 2.20. The van der Waals surface area contributed by atoms with E-state index in [2.05, 4.69) is 5.32 Å². The lowest BCUT2D eigenvalue weighted by molar-refractivity contribution is -0.128. The first-order valence-electron chi connectivity index (χ1n) is 11.3. The maximum Gasteiger partial charge on any atom is 0.410 e. The van der Waals surface area contributed by atoms with Crippen LogP contribution in [0.3, 0.4) is 0 Å². The van der Waals surface area contributed by atoms with Gasteiger partial charge in [0.1, 0.15) is 12.6 Å². The van der Waals surface area contributed by atoms with E-state index in [1.165, 1.54) is 4.90 Å². The topological polar surface area (TPSA) is 99.2 Å². The number of carbonyl (C=O) groups is 3. The second-order valence-corrected chi connectivity index (χ2v) is 8.50.